The van der Waals surface area contributed by atoms with Gasteiger partial charge in [0.2, 0.25) is 0 Å². The normalized spacial score (nSPS) is 10.3. The van der Waals surface area contributed by atoms with Crippen LogP contribution in [0.5, 0.6) is 17.2 Å². The van der Waals surface area contributed by atoms with Crippen LogP contribution in [0.25, 0.3) is 0 Å². The molecule has 0 spiro atoms. The molecule has 0 unspecified atom stereocenters. The summed E-state index contributed by atoms with van der Waals surface area (Å²) in [6.07, 6.45) is 0. The van der Waals surface area contributed by atoms with Gasteiger partial charge < -0.3 is 23.9 Å². The van der Waals surface area contributed by atoms with Crippen LogP contribution in [0.15, 0.2) is 59.0 Å². The third kappa shape index (κ3) is 4.74. The first-order chi connectivity index (χ1) is 13.1. The predicted octanol–water partition coefficient (Wildman–Crippen LogP) is 4.78. The molecule has 0 saturated heterocycles. The molecular weight excluding hydrogens is 370 g/mol. The molecule has 7 heteroatoms. The summed E-state index contributed by atoms with van der Waals surface area (Å²) < 4.78 is 21.4. The van der Waals surface area contributed by atoms with Gasteiger partial charge in [-0.25, -0.2) is 0 Å². The fourth-order valence-electron chi connectivity index (χ4n) is 2.36. The van der Waals surface area contributed by atoms with Gasteiger partial charge in [0.1, 0.15) is 29.6 Å². The van der Waals surface area contributed by atoms with E-state index >= 15 is 0 Å². The van der Waals surface area contributed by atoms with Crippen LogP contribution in [0.1, 0.15) is 16.3 Å². The number of hydrogen-bond acceptors (Lipinski definition) is 5. The molecule has 0 aliphatic heterocycles. The molecule has 6 nitrogen and oxygen atoms in total. The number of nitrogens with one attached hydrogen (secondary N) is 1. The summed E-state index contributed by atoms with van der Waals surface area (Å²) in [5, 5.41) is 3.13. The van der Waals surface area contributed by atoms with Crippen molar-refractivity contribution in [3.63, 3.8) is 0 Å². The van der Waals surface area contributed by atoms with E-state index in [0.29, 0.717) is 33.7 Å². The zero-order valence-corrected chi connectivity index (χ0v) is 15.6. The smallest absolute Gasteiger partial charge is 0.291 e. The topological polar surface area (TPSA) is 69.9 Å². The number of rotatable bonds is 7. The van der Waals surface area contributed by atoms with Gasteiger partial charge in [0, 0.05) is 11.8 Å². The Morgan fingerprint density at radius 3 is 2.59 bits per heavy atom. The minimum Gasteiger partial charge on any atom is -0.497 e. The third-order valence-corrected chi connectivity index (χ3v) is 4.01. The summed E-state index contributed by atoms with van der Waals surface area (Å²) in [4.78, 5) is 12.3. The molecule has 1 amide bonds. The molecule has 3 rings (SSSR count). The number of carbonyl (C=O) groups is 1. The van der Waals surface area contributed by atoms with Gasteiger partial charge in [0.15, 0.2) is 5.76 Å². The number of furan rings is 1. The van der Waals surface area contributed by atoms with Crippen molar-refractivity contribution in [2.45, 2.75) is 6.61 Å². The summed E-state index contributed by atoms with van der Waals surface area (Å²) in [6.45, 7) is 0.189. The molecule has 3 aromatic rings. The Bertz CT molecular complexity index is 938. The second-order valence-electron chi connectivity index (χ2n) is 5.54. The Morgan fingerprint density at radius 2 is 1.85 bits per heavy atom. The lowest BCUT2D eigenvalue weighted by atomic mass is 10.3. The Kier molecular flexibility index (Phi) is 5.88. The van der Waals surface area contributed by atoms with Gasteiger partial charge >= 0.3 is 0 Å². The second kappa shape index (κ2) is 8.51. The maximum Gasteiger partial charge on any atom is 0.291 e. The SMILES string of the molecule is COc1cccc(OCc2ccc(C(=O)Nc3ccc(OC)c(Cl)c3)o2)c1. The molecule has 1 aromatic heterocycles. The number of methoxy groups -OCH3 is 2. The number of carbonyl (C=O) groups excluding carboxylic acids is 1. The average Bonchev–Trinajstić information content (AvgIpc) is 3.16. The lowest BCUT2D eigenvalue weighted by Crippen LogP contribution is -2.10. The number of anilines is 1. The highest BCUT2D eigenvalue weighted by Crippen LogP contribution is 2.27. The van der Waals surface area contributed by atoms with E-state index in [1.165, 1.54) is 7.11 Å². The van der Waals surface area contributed by atoms with E-state index in [9.17, 15) is 4.79 Å². The Morgan fingerprint density at radius 1 is 1.04 bits per heavy atom. The Balaban J connectivity index is 1.61. The number of amides is 1. The van der Waals surface area contributed by atoms with Gasteiger partial charge in [-0.15, -0.1) is 0 Å². The number of halogens is 1. The van der Waals surface area contributed by atoms with Crippen molar-refractivity contribution in [2.24, 2.45) is 0 Å². The lowest BCUT2D eigenvalue weighted by molar-refractivity contribution is 0.0992. The first-order valence-electron chi connectivity index (χ1n) is 8.09. The molecule has 27 heavy (non-hydrogen) atoms. The van der Waals surface area contributed by atoms with Crippen molar-refractivity contribution in [1.82, 2.24) is 0 Å². The fraction of sp³-hybridized carbons (Fsp3) is 0.150. The standard InChI is InChI=1S/C20H18ClNO5/c1-24-14-4-3-5-15(11-14)26-12-16-7-9-19(27-16)20(23)22-13-6-8-18(25-2)17(21)10-13/h3-11H,12H2,1-2H3,(H,22,23). The molecule has 140 valence electrons. The number of benzene rings is 2. The summed E-state index contributed by atoms with van der Waals surface area (Å²) in [5.41, 5.74) is 0.538. The first kappa shape index (κ1) is 18.7. The minimum absolute atomic E-state index is 0.172. The van der Waals surface area contributed by atoms with E-state index < -0.39 is 0 Å². The summed E-state index contributed by atoms with van der Waals surface area (Å²) in [7, 11) is 3.12. The maximum absolute atomic E-state index is 12.3. The second-order valence-corrected chi connectivity index (χ2v) is 5.94. The van der Waals surface area contributed by atoms with Crippen LogP contribution in [0.2, 0.25) is 5.02 Å². The van der Waals surface area contributed by atoms with Gasteiger partial charge in [-0.1, -0.05) is 17.7 Å². The highest BCUT2D eigenvalue weighted by molar-refractivity contribution is 6.32. The van der Waals surface area contributed by atoms with Gasteiger partial charge in [-0.2, -0.15) is 0 Å². The number of ether oxygens (including phenoxy) is 3. The Labute approximate surface area is 161 Å². The van der Waals surface area contributed by atoms with E-state index in [2.05, 4.69) is 5.32 Å². The zero-order valence-electron chi connectivity index (χ0n) is 14.8. The first-order valence-corrected chi connectivity index (χ1v) is 8.47. The number of hydrogen-bond donors (Lipinski definition) is 1. The summed E-state index contributed by atoms with van der Waals surface area (Å²) in [6, 6.07) is 15.5. The van der Waals surface area contributed by atoms with Gasteiger partial charge in [0.05, 0.1) is 19.2 Å². The average molecular weight is 388 g/mol. The highest BCUT2D eigenvalue weighted by atomic mass is 35.5. The predicted molar refractivity (Wildman–Crippen MR) is 102 cm³/mol. The molecule has 0 bridgehead atoms. The molecule has 2 aromatic carbocycles. The van der Waals surface area contributed by atoms with E-state index in [-0.39, 0.29) is 18.3 Å². The Hall–Kier alpha value is -3.12. The van der Waals surface area contributed by atoms with E-state index in [1.807, 2.05) is 18.2 Å². The van der Waals surface area contributed by atoms with Crippen LogP contribution in [0.4, 0.5) is 5.69 Å². The molecular formula is C20H18ClNO5. The monoisotopic (exact) mass is 387 g/mol. The van der Waals surface area contributed by atoms with Crippen LogP contribution >= 0.6 is 11.6 Å². The fourth-order valence-corrected chi connectivity index (χ4v) is 2.62. The van der Waals surface area contributed by atoms with Crippen LogP contribution in [0.3, 0.4) is 0 Å². The van der Waals surface area contributed by atoms with Crippen molar-refractivity contribution >= 4 is 23.2 Å². The van der Waals surface area contributed by atoms with Gasteiger partial charge in [0.25, 0.3) is 5.91 Å². The maximum atomic E-state index is 12.3. The molecule has 0 aliphatic rings. The van der Waals surface area contributed by atoms with Crippen molar-refractivity contribution in [2.75, 3.05) is 19.5 Å². The molecule has 0 saturated carbocycles. The molecule has 0 atom stereocenters. The van der Waals surface area contributed by atoms with E-state index in [1.54, 1.807) is 43.5 Å². The summed E-state index contributed by atoms with van der Waals surface area (Å²) in [5.74, 6) is 2.19. The van der Waals surface area contributed by atoms with Crippen LogP contribution in [-0.4, -0.2) is 20.1 Å². The van der Waals surface area contributed by atoms with Crippen LogP contribution in [0, 0.1) is 0 Å². The van der Waals surface area contributed by atoms with Crippen LogP contribution < -0.4 is 19.5 Å². The zero-order chi connectivity index (χ0) is 19.2. The molecule has 1 heterocycles. The lowest BCUT2D eigenvalue weighted by Gasteiger charge is -2.07. The molecule has 0 fully saturated rings. The van der Waals surface area contributed by atoms with Crippen molar-refractivity contribution < 1.29 is 23.4 Å². The largest absolute Gasteiger partial charge is 0.497 e. The minimum atomic E-state index is -0.385. The highest BCUT2D eigenvalue weighted by Gasteiger charge is 2.13. The molecule has 0 aliphatic carbocycles. The van der Waals surface area contributed by atoms with Crippen molar-refractivity contribution in [3.05, 3.63) is 71.1 Å². The van der Waals surface area contributed by atoms with E-state index in [0.717, 1.165) is 0 Å². The van der Waals surface area contributed by atoms with Crippen LogP contribution in [-0.2, 0) is 6.61 Å². The van der Waals surface area contributed by atoms with Gasteiger partial charge in [-0.3, -0.25) is 4.79 Å². The molecule has 1 N–H and O–H groups in total. The summed E-state index contributed by atoms with van der Waals surface area (Å²) >= 11 is 6.06. The van der Waals surface area contributed by atoms with Crippen molar-refractivity contribution in [3.8, 4) is 17.2 Å². The van der Waals surface area contributed by atoms with Gasteiger partial charge in [-0.05, 0) is 42.5 Å². The van der Waals surface area contributed by atoms with Crippen molar-refractivity contribution in [1.29, 1.82) is 0 Å². The quantitative estimate of drug-likeness (QED) is 0.631. The molecule has 0 radical (unpaired) electrons. The van der Waals surface area contributed by atoms with E-state index in [4.69, 9.17) is 30.2 Å². The third-order valence-electron chi connectivity index (χ3n) is 3.72.